The molecule has 1 aliphatic rings. The summed E-state index contributed by atoms with van der Waals surface area (Å²) >= 11 is 0. The van der Waals surface area contributed by atoms with Gasteiger partial charge in [-0.05, 0) is 79.5 Å². The van der Waals surface area contributed by atoms with Gasteiger partial charge in [-0.25, -0.2) is 0 Å². The lowest BCUT2D eigenvalue weighted by Crippen LogP contribution is -2.29. The molecule has 2 heterocycles. The van der Waals surface area contributed by atoms with Gasteiger partial charge in [-0.15, -0.1) is 12.4 Å². The Morgan fingerprint density at radius 3 is 2.60 bits per heavy atom. The fraction of sp³-hybridized carbons (Fsp3) is 0.240. The molecular formula is C25H26ClN3O. The number of likely N-dealkylation sites (tertiary alicyclic amines) is 1. The van der Waals surface area contributed by atoms with Crippen molar-refractivity contribution in [3.63, 3.8) is 0 Å². The van der Waals surface area contributed by atoms with Crippen LogP contribution in [0.1, 0.15) is 34.7 Å². The van der Waals surface area contributed by atoms with Crippen molar-refractivity contribution >= 4 is 45.7 Å². The molecule has 4 nitrogen and oxygen atoms in total. The molecule has 4 aromatic rings. The lowest BCUT2D eigenvalue weighted by Gasteiger charge is -2.28. The van der Waals surface area contributed by atoms with Gasteiger partial charge in [-0.3, -0.25) is 4.79 Å². The number of nitrogens with zero attached hydrogens (tertiary/aromatic N) is 1. The number of piperidine rings is 1. The number of hydrogen-bond acceptors (Lipinski definition) is 2. The maximum absolute atomic E-state index is 13.0. The third kappa shape index (κ3) is 3.81. The summed E-state index contributed by atoms with van der Waals surface area (Å²) < 4.78 is 0. The van der Waals surface area contributed by atoms with Crippen molar-refractivity contribution in [1.29, 1.82) is 0 Å². The molecule has 1 aromatic heterocycles. The Labute approximate surface area is 182 Å². The lowest BCUT2D eigenvalue weighted by atomic mass is 9.89. The minimum Gasteiger partial charge on any atom is -0.361 e. The molecule has 3 aromatic carbocycles. The number of halogens is 1. The van der Waals surface area contributed by atoms with Gasteiger partial charge in [-0.2, -0.15) is 0 Å². The number of amides is 1. The van der Waals surface area contributed by atoms with Gasteiger partial charge in [0.05, 0.1) is 0 Å². The number of benzene rings is 3. The summed E-state index contributed by atoms with van der Waals surface area (Å²) in [4.78, 5) is 18.8. The van der Waals surface area contributed by atoms with Gasteiger partial charge >= 0.3 is 0 Å². The van der Waals surface area contributed by atoms with E-state index in [1.807, 2.05) is 48.5 Å². The van der Waals surface area contributed by atoms with Gasteiger partial charge in [0.15, 0.2) is 0 Å². The van der Waals surface area contributed by atoms with E-state index in [0.29, 0.717) is 11.5 Å². The molecule has 0 unspecified atom stereocenters. The second kappa shape index (κ2) is 8.50. The number of H-pyrrole nitrogens is 1. The van der Waals surface area contributed by atoms with Crippen LogP contribution in [0.4, 0.5) is 5.69 Å². The number of carbonyl (C=O) groups excluding carboxylic acids is 1. The Kier molecular flexibility index (Phi) is 5.80. The molecule has 0 bridgehead atoms. The van der Waals surface area contributed by atoms with Crippen LogP contribution in [0.15, 0.2) is 66.9 Å². The minimum atomic E-state index is -0.0717. The summed E-state index contributed by atoms with van der Waals surface area (Å²) in [6, 6.07) is 20.0. The number of fused-ring (bicyclic) bond motifs is 2. The van der Waals surface area contributed by atoms with Gasteiger partial charge in [0.2, 0.25) is 0 Å². The first-order valence-electron chi connectivity index (χ1n) is 10.3. The molecule has 1 fully saturated rings. The van der Waals surface area contributed by atoms with Crippen LogP contribution < -0.4 is 5.32 Å². The zero-order chi connectivity index (χ0) is 19.8. The second-order valence-corrected chi connectivity index (χ2v) is 8.06. The Hall–Kier alpha value is -2.82. The predicted molar refractivity (Wildman–Crippen MR) is 127 cm³/mol. The Morgan fingerprint density at radius 1 is 1.00 bits per heavy atom. The van der Waals surface area contributed by atoms with Crippen molar-refractivity contribution in [2.45, 2.75) is 18.8 Å². The first-order valence-corrected chi connectivity index (χ1v) is 10.3. The van der Waals surface area contributed by atoms with Crippen LogP contribution in [0.5, 0.6) is 0 Å². The SMILES string of the molecule is CN1CCC(c2c[nH]c3ccc(NC(=O)c4cccc5ccccc45)cc23)CC1.Cl. The average molecular weight is 420 g/mol. The monoisotopic (exact) mass is 419 g/mol. The average Bonchev–Trinajstić information content (AvgIpc) is 3.17. The van der Waals surface area contributed by atoms with Crippen molar-refractivity contribution < 1.29 is 4.79 Å². The van der Waals surface area contributed by atoms with Crippen molar-refractivity contribution in [1.82, 2.24) is 9.88 Å². The van der Waals surface area contributed by atoms with E-state index in [1.165, 1.54) is 23.8 Å². The number of hydrogen-bond donors (Lipinski definition) is 2. The predicted octanol–water partition coefficient (Wildman–Crippen LogP) is 5.80. The van der Waals surface area contributed by atoms with E-state index in [0.717, 1.165) is 35.1 Å². The largest absolute Gasteiger partial charge is 0.361 e. The zero-order valence-corrected chi connectivity index (χ0v) is 17.8. The molecule has 1 saturated heterocycles. The van der Waals surface area contributed by atoms with E-state index >= 15 is 0 Å². The van der Waals surface area contributed by atoms with E-state index in [2.05, 4.69) is 40.6 Å². The molecule has 0 spiro atoms. The molecule has 154 valence electrons. The van der Waals surface area contributed by atoms with Crippen LogP contribution in [0.3, 0.4) is 0 Å². The first kappa shape index (κ1) is 20.5. The molecule has 2 N–H and O–H groups in total. The van der Waals surface area contributed by atoms with Gasteiger partial charge < -0.3 is 15.2 Å². The van der Waals surface area contributed by atoms with E-state index in [-0.39, 0.29) is 18.3 Å². The van der Waals surface area contributed by atoms with Gasteiger partial charge in [-0.1, -0.05) is 36.4 Å². The summed E-state index contributed by atoms with van der Waals surface area (Å²) in [6.07, 6.45) is 4.50. The number of nitrogens with one attached hydrogen (secondary N) is 2. The van der Waals surface area contributed by atoms with Gasteiger partial charge in [0.1, 0.15) is 0 Å². The van der Waals surface area contributed by atoms with Crippen molar-refractivity contribution in [3.8, 4) is 0 Å². The Morgan fingerprint density at radius 2 is 1.77 bits per heavy atom. The maximum Gasteiger partial charge on any atom is 0.256 e. The number of rotatable bonds is 3. The topological polar surface area (TPSA) is 48.1 Å². The fourth-order valence-corrected chi connectivity index (χ4v) is 4.50. The van der Waals surface area contributed by atoms with Gasteiger partial charge in [0.25, 0.3) is 5.91 Å². The van der Waals surface area contributed by atoms with Crippen LogP contribution in [-0.2, 0) is 0 Å². The number of aromatic amines is 1. The summed E-state index contributed by atoms with van der Waals surface area (Å²) in [7, 11) is 2.19. The van der Waals surface area contributed by atoms with Crippen LogP contribution in [0.25, 0.3) is 21.7 Å². The van der Waals surface area contributed by atoms with E-state index in [9.17, 15) is 4.79 Å². The van der Waals surface area contributed by atoms with E-state index in [4.69, 9.17) is 0 Å². The summed E-state index contributed by atoms with van der Waals surface area (Å²) in [5.74, 6) is 0.501. The highest BCUT2D eigenvalue weighted by atomic mass is 35.5. The van der Waals surface area contributed by atoms with E-state index < -0.39 is 0 Å². The molecular weight excluding hydrogens is 394 g/mol. The first-order chi connectivity index (χ1) is 14.2. The van der Waals surface area contributed by atoms with Crippen molar-refractivity contribution in [2.24, 2.45) is 0 Å². The quantitative estimate of drug-likeness (QED) is 0.440. The minimum absolute atomic E-state index is 0. The van der Waals surface area contributed by atoms with Crippen molar-refractivity contribution in [3.05, 3.63) is 78.0 Å². The molecule has 0 radical (unpaired) electrons. The molecule has 0 saturated carbocycles. The summed E-state index contributed by atoms with van der Waals surface area (Å²) in [6.45, 7) is 2.27. The number of aromatic nitrogens is 1. The van der Waals surface area contributed by atoms with Crippen LogP contribution in [0, 0.1) is 0 Å². The molecule has 5 rings (SSSR count). The highest BCUT2D eigenvalue weighted by Crippen LogP contribution is 2.34. The maximum atomic E-state index is 13.0. The van der Waals surface area contributed by atoms with Crippen LogP contribution in [-0.4, -0.2) is 35.9 Å². The van der Waals surface area contributed by atoms with E-state index in [1.54, 1.807) is 0 Å². The highest BCUT2D eigenvalue weighted by Gasteiger charge is 2.21. The number of anilines is 1. The smallest absolute Gasteiger partial charge is 0.256 e. The Bertz CT molecular complexity index is 1190. The molecule has 1 aliphatic heterocycles. The second-order valence-electron chi connectivity index (χ2n) is 8.06. The zero-order valence-electron chi connectivity index (χ0n) is 17.0. The molecule has 30 heavy (non-hydrogen) atoms. The third-order valence-corrected chi connectivity index (χ3v) is 6.16. The number of carbonyl (C=O) groups is 1. The molecule has 5 heteroatoms. The fourth-order valence-electron chi connectivity index (χ4n) is 4.50. The molecule has 1 amide bonds. The van der Waals surface area contributed by atoms with Crippen LogP contribution in [0.2, 0.25) is 0 Å². The highest BCUT2D eigenvalue weighted by molar-refractivity contribution is 6.13. The Balaban J connectivity index is 0.00000218. The van der Waals surface area contributed by atoms with Crippen molar-refractivity contribution in [2.75, 3.05) is 25.5 Å². The van der Waals surface area contributed by atoms with Crippen LogP contribution >= 0.6 is 12.4 Å². The summed E-state index contributed by atoms with van der Waals surface area (Å²) in [5, 5.41) is 6.38. The summed E-state index contributed by atoms with van der Waals surface area (Å²) in [5.41, 5.74) is 4.04. The normalized spacial score (nSPS) is 15.2. The standard InChI is InChI=1S/C25H25N3O.ClH/c1-28-13-11-18(12-14-28)23-16-26-24-10-9-19(15-22(23)24)27-25(29)21-8-4-6-17-5-2-3-7-20(17)21;/h2-10,15-16,18,26H,11-14H2,1H3,(H,27,29);1H. The third-order valence-electron chi connectivity index (χ3n) is 6.16. The lowest BCUT2D eigenvalue weighted by molar-refractivity contribution is 0.102. The van der Waals surface area contributed by atoms with Gasteiger partial charge in [0, 0.05) is 28.4 Å². The molecule has 0 atom stereocenters. The molecule has 0 aliphatic carbocycles.